The van der Waals surface area contributed by atoms with Gasteiger partial charge in [-0.25, -0.2) is 5.84 Å². The highest BCUT2D eigenvalue weighted by atomic mass is 79.9. The minimum atomic E-state index is -0.388. The number of carbonyl (C=O) groups is 1. The van der Waals surface area contributed by atoms with Gasteiger partial charge in [-0.1, -0.05) is 22.9 Å². The van der Waals surface area contributed by atoms with E-state index >= 15 is 0 Å². The van der Waals surface area contributed by atoms with Crippen LogP contribution in [0.2, 0.25) is 0 Å². The first-order valence-corrected chi connectivity index (χ1v) is 6.49. The highest BCUT2D eigenvalue weighted by molar-refractivity contribution is 9.10. The van der Waals surface area contributed by atoms with Gasteiger partial charge in [0.1, 0.15) is 12.4 Å². The zero-order chi connectivity index (χ0) is 13.4. The molecule has 6 heteroatoms. The Bertz CT molecular complexity index is 399. The first kappa shape index (κ1) is 14.9. The maximum absolute atomic E-state index is 11.6. The Hall–Kier alpha value is -1.11. The van der Waals surface area contributed by atoms with E-state index in [0.717, 1.165) is 10.9 Å². The molecule has 0 aromatic heterocycles. The highest BCUT2D eigenvalue weighted by Gasteiger charge is 2.11. The first-order chi connectivity index (χ1) is 8.69. The van der Waals surface area contributed by atoms with E-state index in [1.165, 1.54) is 0 Å². The molecule has 100 valence electrons. The first-order valence-electron chi connectivity index (χ1n) is 5.70. The van der Waals surface area contributed by atoms with Crippen LogP contribution >= 0.6 is 15.9 Å². The molecule has 0 spiro atoms. The maximum Gasteiger partial charge on any atom is 0.268 e. The molecule has 0 heterocycles. The van der Waals surface area contributed by atoms with E-state index in [0.29, 0.717) is 31.1 Å². The SMILES string of the molecule is CCCOCCOc1ccc(Br)cc1C(=O)NN. The maximum atomic E-state index is 11.6. The van der Waals surface area contributed by atoms with Gasteiger partial charge in [0.05, 0.1) is 12.2 Å². The van der Waals surface area contributed by atoms with E-state index in [-0.39, 0.29) is 5.91 Å². The molecular formula is C12H17BrN2O3. The summed E-state index contributed by atoms with van der Waals surface area (Å²) in [4.78, 5) is 11.6. The van der Waals surface area contributed by atoms with Crippen molar-refractivity contribution in [3.8, 4) is 5.75 Å². The van der Waals surface area contributed by atoms with Crippen LogP contribution in [-0.4, -0.2) is 25.7 Å². The molecule has 0 aliphatic heterocycles. The van der Waals surface area contributed by atoms with Gasteiger partial charge in [0.2, 0.25) is 0 Å². The summed E-state index contributed by atoms with van der Waals surface area (Å²) in [6, 6.07) is 5.18. The molecule has 0 fully saturated rings. The summed E-state index contributed by atoms with van der Waals surface area (Å²) in [5.74, 6) is 5.22. The largest absolute Gasteiger partial charge is 0.490 e. The lowest BCUT2D eigenvalue weighted by Crippen LogP contribution is -2.30. The van der Waals surface area contributed by atoms with Crippen LogP contribution in [0.3, 0.4) is 0 Å². The summed E-state index contributed by atoms with van der Waals surface area (Å²) in [5, 5.41) is 0. The van der Waals surface area contributed by atoms with Crippen molar-refractivity contribution in [1.29, 1.82) is 0 Å². The Kier molecular flexibility index (Phi) is 6.70. The van der Waals surface area contributed by atoms with Gasteiger partial charge in [0.25, 0.3) is 5.91 Å². The predicted octanol–water partition coefficient (Wildman–Crippen LogP) is 1.86. The topological polar surface area (TPSA) is 73.6 Å². The van der Waals surface area contributed by atoms with Gasteiger partial charge in [-0.3, -0.25) is 10.2 Å². The summed E-state index contributed by atoms with van der Waals surface area (Å²) < 4.78 is 11.6. The van der Waals surface area contributed by atoms with Crippen LogP contribution in [-0.2, 0) is 4.74 Å². The van der Waals surface area contributed by atoms with Crippen molar-refractivity contribution in [3.05, 3.63) is 28.2 Å². The molecule has 3 N–H and O–H groups in total. The van der Waals surface area contributed by atoms with Gasteiger partial charge >= 0.3 is 0 Å². The van der Waals surface area contributed by atoms with Crippen molar-refractivity contribution in [2.75, 3.05) is 19.8 Å². The van der Waals surface area contributed by atoms with Crippen molar-refractivity contribution in [1.82, 2.24) is 5.43 Å². The summed E-state index contributed by atoms with van der Waals surface area (Å²) in [5.41, 5.74) is 2.48. The van der Waals surface area contributed by atoms with E-state index < -0.39 is 0 Å². The van der Waals surface area contributed by atoms with Crippen molar-refractivity contribution < 1.29 is 14.3 Å². The molecule has 0 unspecified atom stereocenters. The number of rotatable bonds is 7. The second-order valence-electron chi connectivity index (χ2n) is 3.57. The van der Waals surface area contributed by atoms with Crippen LogP contribution in [0.1, 0.15) is 23.7 Å². The number of hydrazine groups is 1. The Morgan fingerprint density at radius 1 is 1.39 bits per heavy atom. The van der Waals surface area contributed by atoms with E-state index in [4.69, 9.17) is 15.3 Å². The van der Waals surface area contributed by atoms with Crippen LogP contribution < -0.4 is 16.0 Å². The molecule has 5 nitrogen and oxygen atoms in total. The molecule has 1 amide bonds. The number of nitrogens with one attached hydrogen (secondary N) is 1. The standard InChI is InChI=1S/C12H17BrN2O3/c1-2-5-17-6-7-18-11-4-3-9(13)8-10(11)12(16)15-14/h3-4,8H,2,5-7,14H2,1H3,(H,15,16). The summed E-state index contributed by atoms with van der Waals surface area (Å²) >= 11 is 3.30. The van der Waals surface area contributed by atoms with Gasteiger partial charge in [-0.15, -0.1) is 0 Å². The van der Waals surface area contributed by atoms with Crippen LogP contribution in [0, 0.1) is 0 Å². The number of carbonyl (C=O) groups excluding carboxylic acids is 1. The van der Waals surface area contributed by atoms with Gasteiger partial charge < -0.3 is 9.47 Å². The molecule has 1 rings (SSSR count). The fraction of sp³-hybridized carbons (Fsp3) is 0.417. The van der Waals surface area contributed by atoms with Crippen molar-refractivity contribution in [2.24, 2.45) is 5.84 Å². The van der Waals surface area contributed by atoms with Gasteiger partial charge in [-0.05, 0) is 24.6 Å². The molecule has 0 atom stereocenters. The molecule has 1 aromatic carbocycles. The predicted molar refractivity (Wildman–Crippen MR) is 72.4 cm³/mol. The monoisotopic (exact) mass is 316 g/mol. The summed E-state index contributed by atoms with van der Waals surface area (Å²) in [7, 11) is 0. The quantitative estimate of drug-likeness (QED) is 0.348. The van der Waals surface area contributed by atoms with Crippen LogP contribution in [0.15, 0.2) is 22.7 Å². The third-order valence-corrected chi connectivity index (χ3v) is 2.64. The van der Waals surface area contributed by atoms with E-state index in [1.807, 2.05) is 6.92 Å². The molecular weight excluding hydrogens is 300 g/mol. The Morgan fingerprint density at radius 2 is 2.17 bits per heavy atom. The molecule has 0 radical (unpaired) electrons. The van der Waals surface area contributed by atoms with Gasteiger partial charge in [0.15, 0.2) is 0 Å². The number of nitrogens with two attached hydrogens (primary N) is 1. The lowest BCUT2D eigenvalue weighted by atomic mass is 10.2. The summed E-state index contributed by atoms with van der Waals surface area (Å²) in [6.07, 6.45) is 0.971. The number of amides is 1. The van der Waals surface area contributed by atoms with Gasteiger partial charge in [-0.2, -0.15) is 0 Å². The minimum Gasteiger partial charge on any atom is -0.490 e. The van der Waals surface area contributed by atoms with E-state index in [1.54, 1.807) is 18.2 Å². The molecule has 1 aromatic rings. The number of ether oxygens (including phenoxy) is 2. The third-order valence-electron chi connectivity index (χ3n) is 2.15. The second kappa shape index (κ2) is 8.07. The van der Waals surface area contributed by atoms with Crippen LogP contribution in [0.25, 0.3) is 0 Å². The van der Waals surface area contributed by atoms with Crippen molar-refractivity contribution >= 4 is 21.8 Å². The lowest BCUT2D eigenvalue weighted by molar-refractivity contribution is 0.0924. The fourth-order valence-electron chi connectivity index (χ4n) is 1.34. The van der Waals surface area contributed by atoms with E-state index in [9.17, 15) is 4.79 Å². The number of halogens is 1. The minimum absolute atomic E-state index is 0.388. The number of hydrogen-bond donors (Lipinski definition) is 2. The number of hydrogen-bond acceptors (Lipinski definition) is 4. The Morgan fingerprint density at radius 3 is 2.83 bits per heavy atom. The van der Waals surface area contributed by atoms with E-state index in [2.05, 4.69) is 21.4 Å². The molecule has 0 aliphatic carbocycles. The molecule has 18 heavy (non-hydrogen) atoms. The van der Waals surface area contributed by atoms with Crippen molar-refractivity contribution in [2.45, 2.75) is 13.3 Å². The zero-order valence-corrected chi connectivity index (χ0v) is 11.8. The smallest absolute Gasteiger partial charge is 0.268 e. The third kappa shape index (κ3) is 4.64. The average molecular weight is 317 g/mol. The van der Waals surface area contributed by atoms with Gasteiger partial charge in [0, 0.05) is 11.1 Å². The Balaban J connectivity index is 2.61. The molecule has 0 bridgehead atoms. The highest BCUT2D eigenvalue weighted by Crippen LogP contribution is 2.23. The lowest BCUT2D eigenvalue weighted by Gasteiger charge is -2.11. The number of benzene rings is 1. The average Bonchev–Trinajstić information content (AvgIpc) is 2.39. The van der Waals surface area contributed by atoms with Crippen LogP contribution in [0.5, 0.6) is 5.75 Å². The fourth-order valence-corrected chi connectivity index (χ4v) is 1.70. The normalized spacial score (nSPS) is 10.2. The zero-order valence-electron chi connectivity index (χ0n) is 10.2. The van der Waals surface area contributed by atoms with Crippen LogP contribution in [0.4, 0.5) is 0 Å². The molecule has 0 aliphatic rings. The number of nitrogen functional groups attached to an aromatic ring is 1. The summed E-state index contributed by atoms with van der Waals surface area (Å²) in [6.45, 7) is 3.64. The molecule has 0 saturated carbocycles. The Labute approximate surface area is 115 Å². The second-order valence-corrected chi connectivity index (χ2v) is 4.49. The molecule has 0 saturated heterocycles. The van der Waals surface area contributed by atoms with Crippen molar-refractivity contribution in [3.63, 3.8) is 0 Å².